The van der Waals surface area contributed by atoms with Gasteiger partial charge in [0, 0.05) is 18.2 Å². The molecule has 0 unspecified atom stereocenters. The smallest absolute Gasteiger partial charge is 0.318 e. The van der Waals surface area contributed by atoms with Gasteiger partial charge in [-0.25, -0.2) is 18.0 Å². The van der Waals surface area contributed by atoms with E-state index in [1.807, 2.05) is 45.2 Å². The summed E-state index contributed by atoms with van der Waals surface area (Å²) in [6, 6.07) is 9.00. The predicted molar refractivity (Wildman–Crippen MR) is 117 cm³/mol. The Labute approximate surface area is 187 Å². The van der Waals surface area contributed by atoms with E-state index in [0.29, 0.717) is 0 Å². The summed E-state index contributed by atoms with van der Waals surface area (Å²) in [5.41, 5.74) is 0.838. The summed E-state index contributed by atoms with van der Waals surface area (Å²) in [6.45, 7) is 5.63. The van der Waals surface area contributed by atoms with Crippen molar-refractivity contribution in [3.8, 4) is 5.75 Å². The van der Waals surface area contributed by atoms with E-state index in [2.05, 4.69) is 10.2 Å². The van der Waals surface area contributed by atoms with Crippen molar-refractivity contribution < 1.29 is 22.7 Å². The molecule has 1 aliphatic rings. The molecule has 0 spiro atoms. The zero-order valence-corrected chi connectivity index (χ0v) is 18.7. The van der Waals surface area contributed by atoms with Crippen LogP contribution >= 0.6 is 0 Å². The number of halogens is 3. The van der Waals surface area contributed by atoms with E-state index in [1.165, 1.54) is 11.0 Å². The Morgan fingerprint density at radius 3 is 2.38 bits per heavy atom. The average Bonchev–Trinajstić information content (AvgIpc) is 2.77. The number of urea groups is 1. The zero-order chi connectivity index (χ0) is 23.3. The highest BCUT2D eigenvalue weighted by molar-refractivity contribution is 5.74. The van der Waals surface area contributed by atoms with Gasteiger partial charge in [0.2, 0.25) is 0 Å². The van der Waals surface area contributed by atoms with E-state index in [0.717, 1.165) is 43.3 Å². The fourth-order valence-corrected chi connectivity index (χ4v) is 3.78. The lowest BCUT2D eigenvalue weighted by molar-refractivity contribution is 0.126. The Bertz CT molecular complexity index is 913. The SMILES string of the molecule is CC(C)Oc1ccc(CNC(=O)N(Cc2ccc(F)c(F)c2F)C2CCN(C)CC2)cc1. The molecule has 3 rings (SSSR count). The number of carbonyl (C=O) groups excluding carboxylic acids is 1. The normalized spacial score (nSPS) is 15.1. The maximum Gasteiger partial charge on any atom is 0.318 e. The van der Waals surface area contributed by atoms with Gasteiger partial charge in [-0.1, -0.05) is 18.2 Å². The van der Waals surface area contributed by atoms with Crippen LogP contribution < -0.4 is 10.1 Å². The van der Waals surface area contributed by atoms with Crippen LogP contribution in [0.3, 0.4) is 0 Å². The average molecular weight is 450 g/mol. The second-order valence-corrected chi connectivity index (χ2v) is 8.47. The van der Waals surface area contributed by atoms with Crippen molar-refractivity contribution in [2.24, 2.45) is 0 Å². The van der Waals surface area contributed by atoms with Crippen molar-refractivity contribution in [2.75, 3.05) is 20.1 Å². The minimum atomic E-state index is -1.52. The van der Waals surface area contributed by atoms with Crippen molar-refractivity contribution in [2.45, 2.75) is 51.9 Å². The molecule has 174 valence electrons. The van der Waals surface area contributed by atoms with Crippen molar-refractivity contribution in [1.29, 1.82) is 0 Å². The first-order valence-electron chi connectivity index (χ1n) is 10.9. The number of hydrogen-bond acceptors (Lipinski definition) is 3. The highest BCUT2D eigenvalue weighted by Crippen LogP contribution is 2.22. The number of carbonyl (C=O) groups is 1. The Hall–Kier alpha value is -2.74. The summed E-state index contributed by atoms with van der Waals surface area (Å²) < 4.78 is 47.0. The van der Waals surface area contributed by atoms with E-state index in [9.17, 15) is 18.0 Å². The van der Waals surface area contributed by atoms with Gasteiger partial charge in [-0.3, -0.25) is 0 Å². The van der Waals surface area contributed by atoms with E-state index < -0.39 is 17.5 Å². The molecule has 0 radical (unpaired) electrons. The molecule has 1 aliphatic heterocycles. The molecule has 0 bridgehead atoms. The van der Waals surface area contributed by atoms with Gasteiger partial charge in [0.15, 0.2) is 17.5 Å². The third kappa shape index (κ3) is 6.16. The molecule has 8 heteroatoms. The van der Waals surface area contributed by atoms with Crippen LogP contribution in [-0.4, -0.2) is 48.1 Å². The molecule has 2 aromatic rings. The maximum atomic E-state index is 14.3. The molecule has 0 aromatic heterocycles. The Kier molecular flexibility index (Phi) is 8.01. The Balaban J connectivity index is 1.71. The lowest BCUT2D eigenvalue weighted by Crippen LogP contribution is -2.49. The van der Waals surface area contributed by atoms with E-state index >= 15 is 0 Å². The number of piperidine rings is 1. The van der Waals surface area contributed by atoms with Gasteiger partial charge in [0.05, 0.1) is 12.6 Å². The molecular formula is C24H30F3N3O2. The Morgan fingerprint density at radius 2 is 1.75 bits per heavy atom. The second kappa shape index (κ2) is 10.7. The standard InChI is InChI=1S/C24H30F3N3O2/c1-16(2)32-20-7-4-17(5-8-20)14-28-24(31)30(19-10-12-29(3)13-11-19)15-18-6-9-21(25)23(27)22(18)26/h4-9,16,19H,10-15H2,1-3H3,(H,28,31). The lowest BCUT2D eigenvalue weighted by atomic mass is 10.0. The molecule has 2 amide bonds. The van der Waals surface area contributed by atoms with Crippen molar-refractivity contribution in [3.63, 3.8) is 0 Å². The zero-order valence-electron chi connectivity index (χ0n) is 18.7. The fourth-order valence-electron chi connectivity index (χ4n) is 3.78. The van der Waals surface area contributed by atoms with Gasteiger partial charge in [-0.15, -0.1) is 0 Å². The summed E-state index contributed by atoms with van der Waals surface area (Å²) in [5, 5.41) is 2.88. The number of benzene rings is 2. The molecule has 0 aliphatic carbocycles. The van der Waals surface area contributed by atoms with Crippen LogP contribution in [0.5, 0.6) is 5.75 Å². The molecule has 5 nitrogen and oxygen atoms in total. The molecule has 1 fully saturated rings. The fraction of sp³-hybridized carbons (Fsp3) is 0.458. The first kappa shape index (κ1) is 23.9. The quantitative estimate of drug-likeness (QED) is 0.624. The van der Waals surface area contributed by atoms with Gasteiger partial charge in [-0.2, -0.15) is 0 Å². The van der Waals surface area contributed by atoms with E-state index in [-0.39, 0.29) is 36.8 Å². The molecule has 0 saturated carbocycles. The highest BCUT2D eigenvalue weighted by Gasteiger charge is 2.28. The van der Waals surface area contributed by atoms with Gasteiger partial charge < -0.3 is 19.9 Å². The first-order chi connectivity index (χ1) is 15.2. The summed E-state index contributed by atoms with van der Waals surface area (Å²) >= 11 is 0. The van der Waals surface area contributed by atoms with E-state index in [4.69, 9.17) is 4.74 Å². The van der Waals surface area contributed by atoms with Gasteiger partial charge in [0.25, 0.3) is 0 Å². The first-order valence-corrected chi connectivity index (χ1v) is 10.9. The summed E-state index contributed by atoms with van der Waals surface area (Å²) in [4.78, 5) is 16.7. The van der Waals surface area contributed by atoms with Gasteiger partial charge in [0.1, 0.15) is 5.75 Å². The minimum Gasteiger partial charge on any atom is -0.491 e. The molecular weight excluding hydrogens is 419 g/mol. The Morgan fingerprint density at radius 1 is 1.09 bits per heavy atom. The van der Waals surface area contributed by atoms with Crippen LogP contribution in [-0.2, 0) is 13.1 Å². The van der Waals surface area contributed by atoms with Crippen LogP contribution in [0.1, 0.15) is 37.8 Å². The second-order valence-electron chi connectivity index (χ2n) is 8.47. The van der Waals surface area contributed by atoms with Crippen LogP contribution in [0.2, 0.25) is 0 Å². The molecule has 32 heavy (non-hydrogen) atoms. The van der Waals surface area contributed by atoms with Gasteiger partial charge in [-0.05, 0) is 70.6 Å². The van der Waals surface area contributed by atoms with E-state index in [1.54, 1.807) is 0 Å². The van der Waals surface area contributed by atoms with Crippen LogP contribution in [0.15, 0.2) is 36.4 Å². The number of hydrogen-bond donors (Lipinski definition) is 1. The maximum absolute atomic E-state index is 14.3. The number of nitrogens with one attached hydrogen (secondary N) is 1. The minimum absolute atomic E-state index is 0.0480. The van der Waals surface area contributed by atoms with Gasteiger partial charge >= 0.3 is 6.03 Å². The third-order valence-electron chi connectivity index (χ3n) is 5.58. The molecule has 2 aromatic carbocycles. The third-order valence-corrected chi connectivity index (χ3v) is 5.58. The van der Waals surface area contributed by atoms with Crippen LogP contribution in [0, 0.1) is 17.5 Å². The van der Waals surface area contributed by atoms with Crippen molar-refractivity contribution in [1.82, 2.24) is 15.1 Å². The summed E-state index contributed by atoms with van der Waals surface area (Å²) in [5.74, 6) is -3.27. The number of nitrogens with zero attached hydrogens (tertiary/aromatic N) is 2. The topological polar surface area (TPSA) is 44.8 Å². The van der Waals surface area contributed by atoms with Crippen LogP contribution in [0.4, 0.5) is 18.0 Å². The predicted octanol–water partition coefficient (Wildman–Crippen LogP) is 4.70. The number of ether oxygens (including phenoxy) is 1. The highest BCUT2D eigenvalue weighted by atomic mass is 19.2. The summed E-state index contributed by atoms with van der Waals surface area (Å²) in [6.07, 6.45) is 1.51. The monoisotopic (exact) mass is 449 g/mol. The largest absolute Gasteiger partial charge is 0.491 e. The molecule has 0 atom stereocenters. The number of amides is 2. The molecule has 1 heterocycles. The summed E-state index contributed by atoms with van der Waals surface area (Å²) in [7, 11) is 2.00. The van der Waals surface area contributed by atoms with Crippen molar-refractivity contribution in [3.05, 3.63) is 65.0 Å². The molecule has 1 N–H and O–H groups in total. The van der Waals surface area contributed by atoms with Crippen LogP contribution in [0.25, 0.3) is 0 Å². The number of rotatable bonds is 7. The van der Waals surface area contributed by atoms with Crippen molar-refractivity contribution >= 4 is 6.03 Å². The molecule has 1 saturated heterocycles. The number of likely N-dealkylation sites (tertiary alicyclic amines) is 1. The lowest BCUT2D eigenvalue weighted by Gasteiger charge is -2.37.